The Morgan fingerprint density at radius 3 is 2.43 bits per heavy atom. The van der Waals surface area contributed by atoms with E-state index in [0.717, 1.165) is 18.4 Å². The molecule has 0 unspecified atom stereocenters. The molecule has 0 saturated carbocycles. The van der Waals surface area contributed by atoms with Crippen molar-refractivity contribution in [3.05, 3.63) is 65.5 Å². The van der Waals surface area contributed by atoms with E-state index in [9.17, 15) is 14.0 Å². The van der Waals surface area contributed by atoms with Crippen molar-refractivity contribution in [3.8, 4) is 5.75 Å². The molecule has 0 bridgehead atoms. The largest absolute Gasteiger partial charge is 0.492 e. The van der Waals surface area contributed by atoms with Gasteiger partial charge in [-0.05, 0) is 62.4 Å². The van der Waals surface area contributed by atoms with Crippen molar-refractivity contribution in [2.75, 3.05) is 19.7 Å². The number of para-hydroxylation sites is 1. The zero-order chi connectivity index (χ0) is 21.5. The summed E-state index contributed by atoms with van der Waals surface area (Å²) >= 11 is 0. The smallest absolute Gasteiger partial charge is 0.255 e. The van der Waals surface area contributed by atoms with Crippen molar-refractivity contribution in [3.63, 3.8) is 0 Å². The van der Waals surface area contributed by atoms with E-state index < -0.39 is 0 Å². The lowest BCUT2D eigenvalue weighted by Crippen LogP contribution is -2.40. The summed E-state index contributed by atoms with van der Waals surface area (Å²) in [6, 6.07) is 13.4. The third-order valence-corrected chi connectivity index (χ3v) is 5.26. The molecule has 0 radical (unpaired) electrons. The van der Waals surface area contributed by atoms with Crippen LogP contribution in [0.25, 0.3) is 0 Å². The minimum atomic E-state index is -0.296. The lowest BCUT2D eigenvalue weighted by atomic mass is 9.97. The molecule has 160 valence electrons. The van der Waals surface area contributed by atoms with E-state index in [4.69, 9.17) is 4.74 Å². The Labute approximate surface area is 177 Å². The van der Waals surface area contributed by atoms with Gasteiger partial charge in [-0.25, -0.2) is 4.39 Å². The first-order valence-electron chi connectivity index (χ1n) is 10.5. The predicted octanol–water partition coefficient (Wildman–Crippen LogP) is 3.82. The average molecular weight is 413 g/mol. The summed E-state index contributed by atoms with van der Waals surface area (Å²) in [4.78, 5) is 26.7. The van der Waals surface area contributed by atoms with E-state index in [2.05, 4.69) is 5.32 Å². The number of hydrogen-bond acceptors (Lipinski definition) is 3. The second-order valence-corrected chi connectivity index (χ2v) is 8.06. The molecule has 1 aliphatic rings. The summed E-state index contributed by atoms with van der Waals surface area (Å²) in [5.41, 5.74) is 1.36. The van der Waals surface area contributed by atoms with Gasteiger partial charge < -0.3 is 15.0 Å². The number of carbonyl (C=O) groups excluding carboxylic acids is 2. The number of piperidine rings is 1. The van der Waals surface area contributed by atoms with Crippen LogP contribution in [0.5, 0.6) is 5.75 Å². The molecule has 1 N–H and O–H groups in total. The standard InChI is InChI=1S/C24H29FN2O3/c1-17(2)26-24(29)21-5-3-4-6-22(21)30-16-19-11-13-27(14-12-19)23(28)15-18-7-9-20(25)10-8-18/h3-10,17,19H,11-16H2,1-2H3,(H,26,29). The number of nitrogens with zero attached hydrogens (tertiary/aromatic N) is 1. The highest BCUT2D eigenvalue weighted by molar-refractivity contribution is 5.97. The highest BCUT2D eigenvalue weighted by Gasteiger charge is 2.24. The molecule has 1 aliphatic heterocycles. The first-order chi connectivity index (χ1) is 14.4. The van der Waals surface area contributed by atoms with Crippen LogP contribution in [-0.2, 0) is 11.2 Å². The van der Waals surface area contributed by atoms with Crippen molar-refractivity contribution in [2.45, 2.75) is 39.2 Å². The highest BCUT2D eigenvalue weighted by Crippen LogP contribution is 2.23. The molecule has 0 aliphatic carbocycles. The molecule has 5 nitrogen and oxygen atoms in total. The Morgan fingerprint density at radius 2 is 1.77 bits per heavy atom. The summed E-state index contributed by atoms with van der Waals surface area (Å²) in [6.45, 7) is 5.73. The molecule has 3 rings (SSSR count). The van der Waals surface area contributed by atoms with Crippen LogP contribution >= 0.6 is 0 Å². The van der Waals surface area contributed by atoms with Crippen LogP contribution in [0.3, 0.4) is 0 Å². The number of rotatable bonds is 7. The molecule has 2 aromatic carbocycles. The first kappa shape index (κ1) is 21.8. The maximum Gasteiger partial charge on any atom is 0.255 e. The fourth-order valence-corrected chi connectivity index (χ4v) is 3.57. The average Bonchev–Trinajstić information content (AvgIpc) is 2.74. The molecule has 0 atom stereocenters. The van der Waals surface area contributed by atoms with E-state index >= 15 is 0 Å². The van der Waals surface area contributed by atoms with Crippen LogP contribution < -0.4 is 10.1 Å². The van der Waals surface area contributed by atoms with Gasteiger partial charge in [-0.15, -0.1) is 0 Å². The van der Waals surface area contributed by atoms with Gasteiger partial charge in [0, 0.05) is 19.1 Å². The van der Waals surface area contributed by atoms with Crippen LogP contribution in [0, 0.1) is 11.7 Å². The third kappa shape index (κ3) is 6.05. The number of amides is 2. The Morgan fingerprint density at radius 1 is 1.10 bits per heavy atom. The Hall–Kier alpha value is -2.89. The number of carbonyl (C=O) groups is 2. The van der Waals surface area contributed by atoms with Crippen LogP contribution in [0.4, 0.5) is 4.39 Å². The fourth-order valence-electron chi connectivity index (χ4n) is 3.57. The lowest BCUT2D eigenvalue weighted by molar-refractivity contribution is -0.132. The molecular formula is C24H29FN2O3. The topological polar surface area (TPSA) is 58.6 Å². The predicted molar refractivity (Wildman–Crippen MR) is 114 cm³/mol. The third-order valence-electron chi connectivity index (χ3n) is 5.26. The number of nitrogens with one attached hydrogen (secondary N) is 1. The van der Waals surface area contributed by atoms with Crippen LogP contribution in [0.1, 0.15) is 42.6 Å². The SMILES string of the molecule is CC(C)NC(=O)c1ccccc1OCC1CCN(C(=O)Cc2ccc(F)cc2)CC1. The van der Waals surface area contributed by atoms with Gasteiger partial charge in [-0.2, -0.15) is 0 Å². The van der Waals surface area contributed by atoms with Crippen molar-refractivity contribution >= 4 is 11.8 Å². The lowest BCUT2D eigenvalue weighted by Gasteiger charge is -2.32. The van der Waals surface area contributed by atoms with Crippen LogP contribution in [-0.4, -0.2) is 42.5 Å². The number of likely N-dealkylation sites (tertiary alicyclic amines) is 1. The first-order valence-corrected chi connectivity index (χ1v) is 10.5. The summed E-state index contributed by atoms with van der Waals surface area (Å²) in [5, 5.41) is 2.89. The minimum Gasteiger partial charge on any atom is -0.492 e. The van der Waals surface area contributed by atoms with Crippen LogP contribution in [0.15, 0.2) is 48.5 Å². The normalized spacial score (nSPS) is 14.6. The molecule has 1 heterocycles. The zero-order valence-corrected chi connectivity index (χ0v) is 17.6. The van der Waals surface area contributed by atoms with Gasteiger partial charge >= 0.3 is 0 Å². The Bertz CT molecular complexity index is 859. The highest BCUT2D eigenvalue weighted by atomic mass is 19.1. The Balaban J connectivity index is 1.48. The maximum absolute atomic E-state index is 13.0. The summed E-state index contributed by atoms with van der Waals surface area (Å²) in [5.74, 6) is 0.556. The second kappa shape index (κ2) is 10.2. The van der Waals surface area contributed by atoms with Gasteiger partial charge in [-0.1, -0.05) is 24.3 Å². The van der Waals surface area contributed by atoms with E-state index in [0.29, 0.717) is 43.3 Å². The van der Waals surface area contributed by atoms with E-state index in [-0.39, 0.29) is 23.7 Å². The summed E-state index contributed by atoms with van der Waals surface area (Å²) in [7, 11) is 0. The van der Waals surface area contributed by atoms with E-state index in [1.807, 2.05) is 36.9 Å². The van der Waals surface area contributed by atoms with Gasteiger partial charge in [0.1, 0.15) is 11.6 Å². The van der Waals surface area contributed by atoms with E-state index in [1.54, 1.807) is 18.2 Å². The fraction of sp³-hybridized carbons (Fsp3) is 0.417. The van der Waals surface area contributed by atoms with Crippen molar-refractivity contribution < 1.29 is 18.7 Å². The van der Waals surface area contributed by atoms with Crippen molar-refractivity contribution in [1.29, 1.82) is 0 Å². The molecule has 6 heteroatoms. The van der Waals surface area contributed by atoms with E-state index in [1.165, 1.54) is 12.1 Å². The summed E-state index contributed by atoms with van der Waals surface area (Å²) < 4.78 is 19.0. The quantitative estimate of drug-likeness (QED) is 0.752. The number of hydrogen-bond donors (Lipinski definition) is 1. The number of benzene rings is 2. The van der Waals surface area contributed by atoms with Crippen molar-refractivity contribution in [1.82, 2.24) is 10.2 Å². The number of ether oxygens (including phenoxy) is 1. The molecule has 0 spiro atoms. The monoisotopic (exact) mass is 412 g/mol. The molecule has 1 fully saturated rings. The van der Waals surface area contributed by atoms with Gasteiger partial charge in [0.25, 0.3) is 5.91 Å². The van der Waals surface area contributed by atoms with Gasteiger partial charge in [-0.3, -0.25) is 9.59 Å². The maximum atomic E-state index is 13.0. The summed E-state index contributed by atoms with van der Waals surface area (Å²) in [6.07, 6.45) is 2.00. The van der Waals surface area contributed by atoms with Gasteiger partial charge in [0.05, 0.1) is 18.6 Å². The molecule has 0 aromatic heterocycles. The molecular weight excluding hydrogens is 383 g/mol. The molecule has 30 heavy (non-hydrogen) atoms. The second-order valence-electron chi connectivity index (χ2n) is 8.06. The minimum absolute atomic E-state index is 0.0577. The van der Waals surface area contributed by atoms with Crippen molar-refractivity contribution in [2.24, 2.45) is 5.92 Å². The Kier molecular flexibility index (Phi) is 7.44. The van der Waals surface area contributed by atoms with Gasteiger partial charge in [0.2, 0.25) is 5.91 Å². The van der Waals surface area contributed by atoms with Crippen LogP contribution in [0.2, 0.25) is 0 Å². The van der Waals surface area contributed by atoms with Gasteiger partial charge in [0.15, 0.2) is 0 Å². The molecule has 2 aromatic rings. The molecule has 2 amide bonds. The molecule has 1 saturated heterocycles. The number of halogens is 1. The zero-order valence-electron chi connectivity index (χ0n) is 17.6.